The van der Waals surface area contributed by atoms with E-state index in [-0.39, 0.29) is 6.04 Å². The van der Waals surface area contributed by atoms with Crippen molar-refractivity contribution in [1.29, 1.82) is 0 Å². The fraction of sp³-hybridized carbons (Fsp3) is 0.389. The lowest BCUT2D eigenvalue weighted by Gasteiger charge is -2.34. The van der Waals surface area contributed by atoms with Crippen molar-refractivity contribution in [1.82, 2.24) is 29.6 Å². The molecular weight excluding hydrogens is 300 g/mol. The van der Waals surface area contributed by atoms with Crippen LogP contribution in [0.25, 0.3) is 0 Å². The van der Waals surface area contributed by atoms with Gasteiger partial charge in [-0.25, -0.2) is 14.6 Å². The van der Waals surface area contributed by atoms with E-state index in [1.165, 1.54) is 17.0 Å². The van der Waals surface area contributed by atoms with Gasteiger partial charge in [0.2, 0.25) is 0 Å². The predicted octanol–water partition coefficient (Wildman–Crippen LogP) is 2.36. The van der Waals surface area contributed by atoms with Crippen molar-refractivity contribution in [3.05, 3.63) is 65.8 Å². The van der Waals surface area contributed by atoms with Crippen LogP contribution in [0.1, 0.15) is 35.7 Å². The smallest absolute Gasteiger partial charge is 0.141 e. The fourth-order valence-corrected chi connectivity index (χ4v) is 3.51. The summed E-state index contributed by atoms with van der Waals surface area (Å²) >= 11 is 0. The van der Waals surface area contributed by atoms with Gasteiger partial charge in [0.15, 0.2) is 0 Å². The Hall–Kier alpha value is -2.47. The van der Waals surface area contributed by atoms with E-state index in [1.807, 2.05) is 11.0 Å². The van der Waals surface area contributed by atoms with Crippen molar-refractivity contribution >= 4 is 0 Å². The molecule has 24 heavy (non-hydrogen) atoms. The molecule has 124 valence electrons. The molecule has 0 unspecified atom stereocenters. The first-order valence-corrected chi connectivity index (χ1v) is 8.52. The third-order valence-electron chi connectivity index (χ3n) is 4.77. The first-order valence-electron chi connectivity index (χ1n) is 8.52. The lowest BCUT2D eigenvalue weighted by molar-refractivity contribution is 0.163. The summed E-state index contributed by atoms with van der Waals surface area (Å²) < 4.78 is 1.97. The fourth-order valence-electron chi connectivity index (χ4n) is 3.51. The van der Waals surface area contributed by atoms with E-state index in [0.29, 0.717) is 0 Å². The second-order valence-corrected chi connectivity index (χ2v) is 6.18. The van der Waals surface area contributed by atoms with Crippen molar-refractivity contribution in [2.45, 2.75) is 38.9 Å². The molecule has 0 bridgehead atoms. The number of benzene rings is 1. The predicted molar refractivity (Wildman–Crippen MR) is 91.3 cm³/mol. The molecule has 0 spiro atoms. The van der Waals surface area contributed by atoms with Crippen LogP contribution in [0, 0.1) is 0 Å². The number of nitrogens with one attached hydrogen (secondary N) is 1. The SMILES string of the molecule is CCn1ncnc1CN1CCc2[nH]cnc2[C@H]1Cc1ccccc1. The molecule has 1 aliphatic rings. The van der Waals surface area contributed by atoms with E-state index in [0.717, 1.165) is 38.3 Å². The molecule has 0 fully saturated rings. The van der Waals surface area contributed by atoms with Gasteiger partial charge in [0.1, 0.15) is 12.2 Å². The standard InChI is InChI=1S/C18H22N6/c1-2-24-17(20-13-22-24)11-23-9-8-15-18(21-12-19-15)16(23)10-14-6-4-3-5-7-14/h3-7,12-13,16H,2,8-11H2,1H3,(H,19,21)/t16-/m1/s1. The number of aromatic amines is 1. The van der Waals surface area contributed by atoms with E-state index in [2.05, 4.69) is 62.2 Å². The number of aromatic nitrogens is 5. The third-order valence-corrected chi connectivity index (χ3v) is 4.77. The van der Waals surface area contributed by atoms with Gasteiger partial charge in [-0.05, 0) is 18.9 Å². The van der Waals surface area contributed by atoms with Gasteiger partial charge in [-0.15, -0.1) is 0 Å². The van der Waals surface area contributed by atoms with Crippen LogP contribution in [-0.4, -0.2) is 36.2 Å². The Labute approximate surface area is 141 Å². The van der Waals surface area contributed by atoms with E-state index in [9.17, 15) is 0 Å². The second kappa shape index (κ2) is 6.57. The highest BCUT2D eigenvalue weighted by Gasteiger charge is 2.30. The van der Waals surface area contributed by atoms with E-state index in [4.69, 9.17) is 0 Å². The number of hydrogen-bond acceptors (Lipinski definition) is 4. The first kappa shape index (κ1) is 15.1. The van der Waals surface area contributed by atoms with Gasteiger partial charge in [-0.3, -0.25) is 4.90 Å². The average Bonchev–Trinajstić information content (AvgIpc) is 3.26. The van der Waals surface area contributed by atoms with Crippen LogP contribution < -0.4 is 0 Å². The Morgan fingerprint density at radius 1 is 1.21 bits per heavy atom. The Morgan fingerprint density at radius 3 is 2.92 bits per heavy atom. The Balaban J connectivity index is 1.62. The quantitative estimate of drug-likeness (QED) is 0.783. The molecule has 3 aromatic rings. The van der Waals surface area contributed by atoms with Crippen LogP contribution >= 0.6 is 0 Å². The lowest BCUT2D eigenvalue weighted by Crippen LogP contribution is -2.37. The zero-order chi connectivity index (χ0) is 16.4. The van der Waals surface area contributed by atoms with Gasteiger partial charge in [0.25, 0.3) is 0 Å². The number of imidazole rings is 1. The van der Waals surface area contributed by atoms with Crippen molar-refractivity contribution in [3.63, 3.8) is 0 Å². The van der Waals surface area contributed by atoms with Gasteiger partial charge in [-0.2, -0.15) is 5.10 Å². The molecule has 0 radical (unpaired) electrons. The van der Waals surface area contributed by atoms with E-state index in [1.54, 1.807) is 6.33 Å². The molecule has 0 amide bonds. The van der Waals surface area contributed by atoms with Crippen LogP contribution in [0.3, 0.4) is 0 Å². The topological polar surface area (TPSA) is 62.6 Å². The lowest BCUT2D eigenvalue weighted by atomic mass is 9.96. The summed E-state index contributed by atoms with van der Waals surface area (Å²) in [4.78, 5) is 14.8. The van der Waals surface area contributed by atoms with Crippen LogP contribution in [0.4, 0.5) is 0 Å². The highest BCUT2D eigenvalue weighted by atomic mass is 15.3. The molecule has 0 aliphatic carbocycles. The van der Waals surface area contributed by atoms with E-state index < -0.39 is 0 Å². The van der Waals surface area contributed by atoms with Crippen LogP contribution in [-0.2, 0) is 25.9 Å². The van der Waals surface area contributed by atoms with E-state index >= 15 is 0 Å². The molecule has 1 atom stereocenters. The number of aryl methyl sites for hydroxylation is 1. The van der Waals surface area contributed by atoms with Gasteiger partial charge >= 0.3 is 0 Å². The maximum absolute atomic E-state index is 4.62. The number of rotatable bonds is 5. The number of H-pyrrole nitrogens is 1. The molecule has 3 heterocycles. The van der Waals surface area contributed by atoms with Crippen molar-refractivity contribution in [2.75, 3.05) is 6.54 Å². The summed E-state index contributed by atoms with van der Waals surface area (Å²) in [6.45, 7) is 4.75. The maximum Gasteiger partial charge on any atom is 0.141 e. The number of hydrogen-bond donors (Lipinski definition) is 1. The Morgan fingerprint density at radius 2 is 2.08 bits per heavy atom. The van der Waals surface area contributed by atoms with Crippen LogP contribution in [0.15, 0.2) is 43.0 Å². The van der Waals surface area contributed by atoms with Gasteiger partial charge in [-0.1, -0.05) is 30.3 Å². The molecule has 1 aliphatic heterocycles. The summed E-state index contributed by atoms with van der Waals surface area (Å²) in [6, 6.07) is 10.9. The average molecular weight is 322 g/mol. The summed E-state index contributed by atoms with van der Waals surface area (Å²) in [5, 5.41) is 4.30. The minimum absolute atomic E-state index is 0.268. The van der Waals surface area contributed by atoms with Gasteiger partial charge in [0.05, 0.1) is 24.6 Å². The van der Waals surface area contributed by atoms with Crippen molar-refractivity contribution in [2.24, 2.45) is 0 Å². The highest BCUT2D eigenvalue weighted by Crippen LogP contribution is 2.31. The molecule has 1 N–H and O–H groups in total. The van der Waals surface area contributed by atoms with Gasteiger partial charge in [0, 0.05) is 25.2 Å². The summed E-state index contributed by atoms with van der Waals surface area (Å²) in [7, 11) is 0. The van der Waals surface area contributed by atoms with Crippen molar-refractivity contribution in [3.8, 4) is 0 Å². The minimum Gasteiger partial charge on any atom is -0.348 e. The molecular formula is C18H22N6. The summed E-state index contributed by atoms with van der Waals surface area (Å²) in [5.41, 5.74) is 3.78. The first-order chi connectivity index (χ1) is 11.8. The zero-order valence-corrected chi connectivity index (χ0v) is 13.9. The second-order valence-electron chi connectivity index (χ2n) is 6.18. The molecule has 0 saturated heterocycles. The Kier molecular flexibility index (Phi) is 4.13. The van der Waals surface area contributed by atoms with Crippen LogP contribution in [0.2, 0.25) is 0 Å². The minimum atomic E-state index is 0.268. The zero-order valence-electron chi connectivity index (χ0n) is 13.9. The number of fused-ring (bicyclic) bond motifs is 1. The third kappa shape index (κ3) is 2.85. The number of nitrogens with zero attached hydrogens (tertiary/aromatic N) is 5. The Bertz CT molecular complexity index is 791. The van der Waals surface area contributed by atoms with Gasteiger partial charge < -0.3 is 4.98 Å². The van der Waals surface area contributed by atoms with Crippen molar-refractivity contribution < 1.29 is 0 Å². The highest BCUT2D eigenvalue weighted by molar-refractivity contribution is 5.24. The monoisotopic (exact) mass is 322 g/mol. The molecule has 6 heteroatoms. The molecule has 2 aromatic heterocycles. The molecule has 4 rings (SSSR count). The van der Waals surface area contributed by atoms with Crippen LogP contribution in [0.5, 0.6) is 0 Å². The summed E-state index contributed by atoms with van der Waals surface area (Å²) in [6.07, 6.45) is 5.43. The molecule has 1 aromatic carbocycles. The maximum atomic E-state index is 4.62. The summed E-state index contributed by atoms with van der Waals surface area (Å²) in [5.74, 6) is 1.02. The molecule has 6 nitrogen and oxygen atoms in total. The normalized spacial score (nSPS) is 17.8. The largest absolute Gasteiger partial charge is 0.348 e. The molecule has 0 saturated carbocycles.